The zero-order chi connectivity index (χ0) is 20.7. The number of guanidine groups is 1. The number of nitrogens with zero attached hydrogens (tertiary/aromatic N) is 2. The molecule has 158 valence electrons. The summed E-state index contributed by atoms with van der Waals surface area (Å²) in [6, 6.07) is 13.3. The van der Waals surface area contributed by atoms with Crippen LogP contribution >= 0.6 is 11.3 Å². The molecule has 0 radical (unpaired) electrons. The third-order valence-electron chi connectivity index (χ3n) is 5.36. The van der Waals surface area contributed by atoms with Crippen molar-refractivity contribution in [3.8, 4) is 0 Å². The fourth-order valence-corrected chi connectivity index (χ4v) is 6.04. The molecule has 0 amide bonds. The zero-order valence-corrected chi connectivity index (χ0v) is 18.7. The van der Waals surface area contributed by atoms with Gasteiger partial charge < -0.3 is 10.6 Å². The summed E-state index contributed by atoms with van der Waals surface area (Å²) < 4.78 is 24.8. The van der Waals surface area contributed by atoms with Crippen LogP contribution in [0, 0.1) is 5.92 Å². The number of benzene rings is 1. The molecule has 8 heteroatoms. The van der Waals surface area contributed by atoms with Gasteiger partial charge in [0.05, 0.1) is 10.6 Å². The second-order valence-corrected chi connectivity index (χ2v) is 10.4. The highest BCUT2D eigenvalue weighted by Crippen LogP contribution is 2.36. The van der Waals surface area contributed by atoms with Crippen molar-refractivity contribution in [2.45, 2.75) is 23.8 Å². The molecule has 3 rings (SSSR count). The van der Waals surface area contributed by atoms with Crippen molar-refractivity contribution < 1.29 is 8.42 Å². The lowest BCUT2D eigenvalue weighted by Gasteiger charge is -2.39. The molecule has 1 fully saturated rings. The van der Waals surface area contributed by atoms with Crippen LogP contribution in [0.1, 0.15) is 23.8 Å². The Morgan fingerprint density at radius 2 is 2.00 bits per heavy atom. The molecule has 1 saturated heterocycles. The lowest BCUT2D eigenvalue weighted by molar-refractivity contribution is 0.125. The lowest BCUT2D eigenvalue weighted by Crippen LogP contribution is -2.45. The van der Waals surface area contributed by atoms with Crippen molar-refractivity contribution in [2.75, 3.05) is 39.5 Å². The second-order valence-electron chi connectivity index (χ2n) is 7.35. The molecule has 2 N–H and O–H groups in total. The van der Waals surface area contributed by atoms with Gasteiger partial charge in [-0.1, -0.05) is 24.3 Å². The van der Waals surface area contributed by atoms with E-state index in [0.29, 0.717) is 29.4 Å². The van der Waals surface area contributed by atoms with E-state index in [1.54, 1.807) is 31.3 Å². The number of hydrogen-bond acceptors (Lipinski definition) is 5. The average Bonchev–Trinajstić information content (AvgIpc) is 3.25. The fourth-order valence-electron chi connectivity index (χ4n) is 3.88. The van der Waals surface area contributed by atoms with E-state index in [4.69, 9.17) is 0 Å². The van der Waals surface area contributed by atoms with Crippen molar-refractivity contribution in [1.82, 2.24) is 15.5 Å². The summed E-state index contributed by atoms with van der Waals surface area (Å²) in [6.07, 6.45) is 2.35. The molecule has 0 aliphatic carbocycles. The molecule has 6 nitrogen and oxygen atoms in total. The third-order valence-corrected chi connectivity index (χ3v) is 8.04. The molecule has 1 aliphatic heterocycles. The van der Waals surface area contributed by atoms with Crippen LogP contribution in [0.25, 0.3) is 0 Å². The fraction of sp³-hybridized carbons (Fsp3) is 0.476. The Hall–Kier alpha value is -1.90. The van der Waals surface area contributed by atoms with Crippen LogP contribution in [-0.2, 0) is 9.84 Å². The molecule has 1 aromatic heterocycles. The first-order chi connectivity index (χ1) is 14.0. The quantitative estimate of drug-likeness (QED) is 0.518. The van der Waals surface area contributed by atoms with E-state index in [1.165, 1.54) is 17.7 Å². The lowest BCUT2D eigenvalue weighted by atomic mass is 9.88. The summed E-state index contributed by atoms with van der Waals surface area (Å²) in [5.74, 6) is 1.16. The second kappa shape index (κ2) is 10.2. The Balaban J connectivity index is 1.52. The Morgan fingerprint density at radius 3 is 2.69 bits per heavy atom. The number of rotatable bonds is 7. The van der Waals surface area contributed by atoms with Gasteiger partial charge in [-0.3, -0.25) is 9.89 Å². The van der Waals surface area contributed by atoms with Crippen molar-refractivity contribution in [3.63, 3.8) is 0 Å². The molecule has 29 heavy (non-hydrogen) atoms. The smallest absolute Gasteiger partial charge is 0.191 e. The molecule has 0 spiro atoms. The number of piperidine rings is 1. The van der Waals surface area contributed by atoms with Gasteiger partial charge in [0, 0.05) is 31.1 Å². The first-order valence-corrected chi connectivity index (χ1v) is 12.5. The Morgan fingerprint density at radius 1 is 1.21 bits per heavy atom. The minimum atomic E-state index is -3.30. The maximum absolute atomic E-state index is 12.4. The van der Waals surface area contributed by atoms with Crippen LogP contribution in [0.5, 0.6) is 0 Å². The average molecular weight is 435 g/mol. The van der Waals surface area contributed by atoms with Crippen LogP contribution < -0.4 is 10.6 Å². The Bertz CT molecular complexity index is 883. The SMILES string of the molecule is CN=C(NCCS(=O)(=O)c1ccccc1)NCC1CCCN(C)C1c1cccs1. The van der Waals surface area contributed by atoms with Crippen LogP contribution in [0.15, 0.2) is 57.7 Å². The minimum absolute atomic E-state index is 0.0295. The van der Waals surface area contributed by atoms with E-state index in [-0.39, 0.29) is 5.75 Å². The first-order valence-electron chi connectivity index (χ1n) is 9.97. The van der Waals surface area contributed by atoms with E-state index in [1.807, 2.05) is 17.4 Å². The van der Waals surface area contributed by atoms with Gasteiger partial charge in [0.15, 0.2) is 15.8 Å². The molecule has 2 unspecified atom stereocenters. The number of thiophene rings is 1. The Kier molecular flexibility index (Phi) is 7.69. The van der Waals surface area contributed by atoms with Gasteiger partial charge in [-0.2, -0.15) is 0 Å². The van der Waals surface area contributed by atoms with E-state index in [2.05, 4.69) is 45.1 Å². The van der Waals surface area contributed by atoms with Gasteiger partial charge in [-0.15, -0.1) is 11.3 Å². The van der Waals surface area contributed by atoms with E-state index < -0.39 is 9.84 Å². The predicted molar refractivity (Wildman–Crippen MR) is 120 cm³/mol. The van der Waals surface area contributed by atoms with Crippen LogP contribution in [0.3, 0.4) is 0 Å². The molecule has 0 saturated carbocycles. The summed E-state index contributed by atoms with van der Waals surface area (Å²) in [6.45, 7) is 2.23. The number of nitrogens with one attached hydrogen (secondary N) is 2. The highest BCUT2D eigenvalue weighted by atomic mass is 32.2. The first kappa shape index (κ1) is 21.8. The van der Waals surface area contributed by atoms with Crippen molar-refractivity contribution in [3.05, 3.63) is 52.7 Å². The Labute approximate surface area is 178 Å². The molecule has 1 aliphatic rings. The number of hydrogen-bond donors (Lipinski definition) is 2. The standard InChI is InChI=1S/C21H30N4O2S2/c1-22-21(23-12-15-29(26,27)18-9-4-3-5-10-18)24-16-17-8-6-13-25(2)20(17)19-11-7-14-28-19/h3-5,7,9-11,14,17,20H,6,8,12-13,15-16H2,1-2H3,(H2,22,23,24). The molecular formula is C21H30N4O2S2. The molecule has 2 heterocycles. The summed E-state index contributed by atoms with van der Waals surface area (Å²) in [5, 5.41) is 8.68. The van der Waals surface area contributed by atoms with Crippen molar-refractivity contribution >= 4 is 27.1 Å². The van der Waals surface area contributed by atoms with E-state index >= 15 is 0 Å². The van der Waals surface area contributed by atoms with Gasteiger partial charge in [0.2, 0.25) is 0 Å². The molecular weight excluding hydrogens is 404 g/mol. The number of likely N-dealkylation sites (tertiary alicyclic amines) is 1. The van der Waals surface area contributed by atoms with Crippen LogP contribution in [0.4, 0.5) is 0 Å². The maximum atomic E-state index is 12.4. The van der Waals surface area contributed by atoms with Gasteiger partial charge in [-0.05, 0) is 55.9 Å². The number of aliphatic imine (C=N–C) groups is 1. The molecule has 1 aromatic carbocycles. The summed E-state index contributed by atoms with van der Waals surface area (Å²) in [5.41, 5.74) is 0. The largest absolute Gasteiger partial charge is 0.356 e. The molecule has 2 atom stereocenters. The minimum Gasteiger partial charge on any atom is -0.356 e. The van der Waals surface area contributed by atoms with Crippen molar-refractivity contribution in [1.29, 1.82) is 0 Å². The van der Waals surface area contributed by atoms with Gasteiger partial charge in [-0.25, -0.2) is 8.42 Å². The maximum Gasteiger partial charge on any atom is 0.191 e. The molecule has 0 bridgehead atoms. The summed E-state index contributed by atoms with van der Waals surface area (Å²) in [7, 11) is 0.610. The van der Waals surface area contributed by atoms with E-state index in [0.717, 1.165) is 13.1 Å². The highest BCUT2D eigenvalue weighted by molar-refractivity contribution is 7.91. The van der Waals surface area contributed by atoms with Crippen LogP contribution in [-0.4, -0.2) is 58.8 Å². The normalized spacial score (nSPS) is 21.1. The number of sulfone groups is 1. The monoisotopic (exact) mass is 434 g/mol. The highest BCUT2D eigenvalue weighted by Gasteiger charge is 2.31. The zero-order valence-electron chi connectivity index (χ0n) is 17.0. The third kappa shape index (κ3) is 5.81. The predicted octanol–water partition coefficient (Wildman–Crippen LogP) is 2.77. The van der Waals surface area contributed by atoms with E-state index in [9.17, 15) is 8.42 Å². The van der Waals surface area contributed by atoms with Gasteiger partial charge in [0.25, 0.3) is 0 Å². The van der Waals surface area contributed by atoms with Crippen molar-refractivity contribution in [2.24, 2.45) is 10.9 Å². The summed E-state index contributed by atoms with van der Waals surface area (Å²) >= 11 is 1.81. The van der Waals surface area contributed by atoms with Crippen LogP contribution in [0.2, 0.25) is 0 Å². The topological polar surface area (TPSA) is 73.8 Å². The van der Waals surface area contributed by atoms with Gasteiger partial charge in [0.1, 0.15) is 0 Å². The molecule has 2 aromatic rings. The summed E-state index contributed by atoms with van der Waals surface area (Å²) in [4.78, 5) is 8.45. The van der Waals surface area contributed by atoms with Gasteiger partial charge >= 0.3 is 0 Å².